The van der Waals surface area contributed by atoms with E-state index in [9.17, 15) is 14.4 Å². The molecule has 1 fully saturated rings. The number of hydrogen-bond acceptors (Lipinski definition) is 4. The molecule has 1 aliphatic rings. The van der Waals surface area contributed by atoms with Crippen LogP contribution in [0.4, 0.5) is 0 Å². The number of nitrogens with one attached hydrogen (secondary N) is 1. The van der Waals surface area contributed by atoms with Crippen LogP contribution >= 0.6 is 0 Å². The van der Waals surface area contributed by atoms with Crippen LogP contribution < -0.4 is 5.32 Å². The van der Waals surface area contributed by atoms with E-state index in [1.165, 1.54) is 0 Å². The molecule has 1 rings (SSSR count). The second kappa shape index (κ2) is 6.95. The molecule has 0 aromatic heterocycles. The minimum atomic E-state index is -0.959. The van der Waals surface area contributed by atoms with E-state index in [0.717, 1.165) is 0 Å². The van der Waals surface area contributed by atoms with E-state index in [4.69, 9.17) is 9.84 Å². The molecule has 0 unspecified atom stereocenters. The summed E-state index contributed by atoms with van der Waals surface area (Å²) in [6.07, 6.45) is 0.0718. The van der Waals surface area contributed by atoms with Gasteiger partial charge in [0.1, 0.15) is 0 Å². The van der Waals surface area contributed by atoms with Gasteiger partial charge >= 0.3 is 5.97 Å². The van der Waals surface area contributed by atoms with E-state index >= 15 is 0 Å². The predicted octanol–water partition coefficient (Wildman–Crippen LogP) is -0.928. The van der Waals surface area contributed by atoms with Gasteiger partial charge in [0, 0.05) is 33.2 Å². The topological polar surface area (TPSA) is 95.9 Å². The minimum absolute atomic E-state index is 0.0644. The summed E-state index contributed by atoms with van der Waals surface area (Å²) >= 11 is 0. The first-order valence-corrected chi connectivity index (χ1v) is 5.80. The highest BCUT2D eigenvalue weighted by atomic mass is 16.5. The fourth-order valence-electron chi connectivity index (χ4n) is 1.80. The fraction of sp³-hybridized carbons (Fsp3) is 0.727. The van der Waals surface area contributed by atoms with E-state index in [1.54, 1.807) is 12.0 Å². The standard InChI is InChI=1S/C11H18N2O5/c1-18-5-4-13-7-8(6-9(13)14)11(17)12-3-2-10(15)16/h8H,2-7H2,1H3,(H,12,17)(H,15,16)/t8-/m1/s1. The van der Waals surface area contributed by atoms with Crippen LogP contribution in [-0.4, -0.2) is 61.1 Å². The van der Waals surface area contributed by atoms with Crippen molar-refractivity contribution in [2.24, 2.45) is 5.92 Å². The maximum atomic E-state index is 11.7. The number of likely N-dealkylation sites (tertiary alicyclic amines) is 1. The second-order valence-electron chi connectivity index (χ2n) is 4.17. The third-order valence-corrected chi connectivity index (χ3v) is 2.79. The zero-order valence-electron chi connectivity index (χ0n) is 10.3. The van der Waals surface area contributed by atoms with Crippen LogP contribution in [-0.2, 0) is 19.1 Å². The van der Waals surface area contributed by atoms with Crippen molar-refractivity contribution in [1.29, 1.82) is 0 Å². The summed E-state index contributed by atoms with van der Waals surface area (Å²) in [5.41, 5.74) is 0. The highest BCUT2D eigenvalue weighted by molar-refractivity contribution is 5.89. The molecule has 2 amide bonds. The van der Waals surface area contributed by atoms with Crippen molar-refractivity contribution in [3.8, 4) is 0 Å². The first-order valence-electron chi connectivity index (χ1n) is 5.80. The van der Waals surface area contributed by atoms with Crippen molar-refractivity contribution in [2.45, 2.75) is 12.8 Å². The largest absolute Gasteiger partial charge is 0.481 e. The molecule has 7 heteroatoms. The van der Waals surface area contributed by atoms with Crippen LogP contribution in [0.15, 0.2) is 0 Å². The fourth-order valence-corrected chi connectivity index (χ4v) is 1.80. The molecule has 0 aromatic carbocycles. The maximum Gasteiger partial charge on any atom is 0.305 e. The van der Waals surface area contributed by atoms with Gasteiger partial charge in [-0.2, -0.15) is 0 Å². The van der Waals surface area contributed by atoms with Gasteiger partial charge in [-0.05, 0) is 0 Å². The Bertz CT molecular complexity index is 331. The average molecular weight is 258 g/mol. The Balaban J connectivity index is 2.33. The van der Waals surface area contributed by atoms with Crippen LogP contribution in [0.2, 0.25) is 0 Å². The van der Waals surface area contributed by atoms with Crippen molar-refractivity contribution in [2.75, 3.05) is 33.4 Å². The van der Waals surface area contributed by atoms with Gasteiger partial charge < -0.3 is 20.1 Å². The molecule has 0 saturated carbocycles. The van der Waals surface area contributed by atoms with Crippen LogP contribution in [0.5, 0.6) is 0 Å². The van der Waals surface area contributed by atoms with Crippen LogP contribution in [0.3, 0.4) is 0 Å². The molecule has 1 aliphatic heterocycles. The Labute approximate surface area is 105 Å². The summed E-state index contributed by atoms with van der Waals surface area (Å²) in [4.78, 5) is 35.1. The number of ether oxygens (including phenoxy) is 1. The Morgan fingerprint density at radius 2 is 2.28 bits per heavy atom. The number of methoxy groups -OCH3 is 1. The predicted molar refractivity (Wildman–Crippen MR) is 61.8 cm³/mol. The summed E-state index contributed by atoms with van der Waals surface area (Å²) in [6.45, 7) is 1.39. The van der Waals surface area contributed by atoms with Crippen molar-refractivity contribution in [1.82, 2.24) is 10.2 Å². The minimum Gasteiger partial charge on any atom is -0.481 e. The number of carbonyl (C=O) groups excluding carboxylic acids is 2. The van der Waals surface area contributed by atoms with Gasteiger partial charge in [0.2, 0.25) is 11.8 Å². The molecule has 7 nitrogen and oxygen atoms in total. The monoisotopic (exact) mass is 258 g/mol. The van der Waals surface area contributed by atoms with Crippen molar-refractivity contribution in [3.05, 3.63) is 0 Å². The Kier molecular flexibility index (Phi) is 5.57. The average Bonchev–Trinajstić information content (AvgIpc) is 2.67. The van der Waals surface area contributed by atoms with Gasteiger partial charge in [0.25, 0.3) is 0 Å². The van der Waals surface area contributed by atoms with Crippen LogP contribution in [0.1, 0.15) is 12.8 Å². The normalized spacial score (nSPS) is 19.1. The molecule has 0 spiro atoms. The molecule has 1 atom stereocenters. The highest BCUT2D eigenvalue weighted by Gasteiger charge is 2.33. The van der Waals surface area contributed by atoms with Crippen LogP contribution in [0.25, 0.3) is 0 Å². The van der Waals surface area contributed by atoms with E-state index in [2.05, 4.69) is 5.32 Å². The van der Waals surface area contributed by atoms with Gasteiger partial charge in [-0.1, -0.05) is 0 Å². The number of aliphatic carboxylic acids is 1. The maximum absolute atomic E-state index is 11.7. The quantitative estimate of drug-likeness (QED) is 0.615. The molecular formula is C11H18N2O5. The lowest BCUT2D eigenvalue weighted by Gasteiger charge is -2.15. The molecular weight excluding hydrogens is 240 g/mol. The van der Waals surface area contributed by atoms with Crippen molar-refractivity contribution in [3.63, 3.8) is 0 Å². The summed E-state index contributed by atoms with van der Waals surface area (Å²) < 4.78 is 4.88. The first kappa shape index (κ1) is 14.4. The van der Waals surface area contributed by atoms with E-state index in [1.807, 2.05) is 0 Å². The zero-order valence-corrected chi connectivity index (χ0v) is 10.3. The van der Waals surface area contributed by atoms with E-state index < -0.39 is 5.97 Å². The van der Waals surface area contributed by atoms with Gasteiger partial charge in [-0.25, -0.2) is 0 Å². The summed E-state index contributed by atoms with van der Waals surface area (Å²) in [7, 11) is 1.55. The van der Waals surface area contributed by atoms with Gasteiger partial charge in [-0.3, -0.25) is 14.4 Å². The Morgan fingerprint density at radius 1 is 1.56 bits per heavy atom. The van der Waals surface area contributed by atoms with E-state index in [0.29, 0.717) is 19.7 Å². The smallest absolute Gasteiger partial charge is 0.305 e. The molecule has 0 bridgehead atoms. The summed E-state index contributed by atoms with van der Waals surface area (Å²) in [6, 6.07) is 0. The molecule has 0 aliphatic carbocycles. The number of carbonyl (C=O) groups is 3. The lowest BCUT2D eigenvalue weighted by molar-refractivity contribution is -0.137. The SMILES string of the molecule is COCCN1C[C@H](C(=O)NCCC(=O)O)CC1=O. The lowest BCUT2D eigenvalue weighted by atomic mass is 10.1. The number of nitrogens with zero attached hydrogens (tertiary/aromatic N) is 1. The zero-order chi connectivity index (χ0) is 13.5. The molecule has 1 heterocycles. The summed E-state index contributed by atoms with van der Waals surface area (Å²) in [5.74, 6) is -1.67. The number of rotatable bonds is 7. The summed E-state index contributed by atoms with van der Waals surface area (Å²) in [5, 5.41) is 11.0. The Morgan fingerprint density at radius 3 is 2.89 bits per heavy atom. The highest BCUT2D eigenvalue weighted by Crippen LogP contribution is 2.17. The van der Waals surface area contributed by atoms with E-state index in [-0.39, 0.29) is 37.1 Å². The number of carboxylic acid groups (broad SMARTS) is 1. The lowest BCUT2D eigenvalue weighted by Crippen LogP contribution is -2.34. The molecule has 1 saturated heterocycles. The number of hydrogen-bond donors (Lipinski definition) is 2. The Hall–Kier alpha value is -1.63. The number of amides is 2. The second-order valence-corrected chi connectivity index (χ2v) is 4.17. The molecule has 0 aromatic rings. The van der Waals surface area contributed by atoms with Crippen LogP contribution in [0, 0.1) is 5.92 Å². The first-order chi connectivity index (χ1) is 8.54. The van der Waals surface area contributed by atoms with Gasteiger partial charge in [-0.15, -0.1) is 0 Å². The molecule has 18 heavy (non-hydrogen) atoms. The molecule has 2 N–H and O–H groups in total. The molecule has 102 valence electrons. The third kappa shape index (κ3) is 4.33. The van der Waals surface area contributed by atoms with Crippen molar-refractivity contribution < 1.29 is 24.2 Å². The third-order valence-electron chi connectivity index (χ3n) is 2.79. The van der Waals surface area contributed by atoms with Gasteiger partial charge in [0.15, 0.2) is 0 Å². The van der Waals surface area contributed by atoms with Crippen molar-refractivity contribution >= 4 is 17.8 Å². The molecule has 0 radical (unpaired) electrons. The number of carboxylic acids is 1. The van der Waals surface area contributed by atoms with Gasteiger partial charge in [0.05, 0.1) is 18.9 Å².